The highest BCUT2D eigenvalue weighted by atomic mass is 16.3. The molecule has 0 amide bonds. The van der Waals surface area contributed by atoms with E-state index in [0.717, 1.165) is 99.2 Å². The molecule has 0 N–H and O–H groups in total. The molecule has 0 atom stereocenters. The van der Waals surface area contributed by atoms with E-state index in [1.54, 1.807) is 0 Å². The molecule has 0 saturated carbocycles. The van der Waals surface area contributed by atoms with E-state index in [0.29, 0.717) is 0 Å². The molecular formula is C48H28N2O2. The van der Waals surface area contributed by atoms with Gasteiger partial charge in [-0.2, -0.15) is 0 Å². The minimum Gasteiger partial charge on any atom is -0.455 e. The van der Waals surface area contributed by atoms with Gasteiger partial charge in [-0.05, 0) is 83.9 Å². The topological polar surface area (TPSA) is 36.1 Å². The third kappa shape index (κ3) is 3.70. The van der Waals surface area contributed by atoms with Crippen LogP contribution in [0.1, 0.15) is 0 Å². The standard InChI is InChI=1S/C48H28N2O2/c1-3-11-31(12-4-1)49-40-25-20-29(27-39(40)45-41(49)26-24-37-34-15-7-9-17-43(34)51-47(37)45)30-19-21-33-36-22-23-38-35-16-8-10-18-44(35)52-48(38)46(36)50(42(33)28-30)32-13-5-2-6-14-32/h1-28H. The summed E-state index contributed by atoms with van der Waals surface area (Å²) in [5.74, 6) is 0. The zero-order valence-electron chi connectivity index (χ0n) is 27.9. The lowest BCUT2D eigenvalue weighted by Crippen LogP contribution is -1.94. The third-order valence-corrected chi connectivity index (χ3v) is 10.9. The summed E-state index contributed by atoms with van der Waals surface area (Å²) in [4.78, 5) is 0. The molecule has 0 aliphatic carbocycles. The summed E-state index contributed by atoms with van der Waals surface area (Å²) in [6, 6.07) is 60.5. The van der Waals surface area contributed by atoms with Gasteiger partial charge in [-0.25, -0.2) is 0 Å². The van der Waals surface area contributed by atoms with Gasteiger partial charge in [-0.15, -0.1) is 0 Å². The first-order chi connectivity index (χ1) is 25.8. The van der Waals surface area contributed by atoms with Crippen LogP contribution in [0, 0.1) is 0 Å². The van der Waals surface area contributed by atoms with Gasteiger partial charge in [0.25, 0.3) is 0 Å². The van der Waals surface area contributed by atoms with Crippen molar-refractivity contribution in [2.45, 2.75) is 0 Å². The van der Waals surface area contributed by atoms with Crippen molar-refractivity contribution in [3.8, 4) is 22.5 Å². The number of para-hydroxylation sites is 4. The molecule has 0 saturated heterocycles. The molecule has 12 aromatic rings. The SMILES string of the molecule is c1ccc(-n2c3ccc(-c4ccc5c6ccc7c8ccccc8oc7c6n(-c6ccccc6)c5c4)cc3c3c4oc5ccccc5c4ccc32)cc1. The van der Waals surface area contributed by atoms with Crippen LogP contribution in [-0.2, 0) is 0 Å². The Morgan fingerprint density at radius 3 is 1.62 bits per heavy atom. The van der Waals surface area contributed by atoms with Gasteiger partial charge in [0.1, 0.15) is 16.7 Å². The fraction of sp³-hybridized carbons (Fsp3) is 0. The zero-order valence-corrected chi connectivity index (χ0v) is 27.9. The predicted octanol–water partition coefficient (Wildman–Crippen LogP) is 13.3. The van der Waals surface area contributed by atoms with Crippen LogP contribution < -0.4 is 0 Å². The van der Waals surface area contributed by atoms with Gasteiger partial charge in [0.05, 0.1) is 27.5 Å². The molecule has 0 radical (unpaired) electrons. The molecule has 242 valence electrons. The molecule has 4 heterocycles. The van der Waals surface area contributed by atoms with Gasteiger partial charge in [0, 0.05) is 49.1 Å². The van der Waals surface area contributed by atoms with Crippen LogP contribution in [-0.4, -0.2) is 9.13 Å². The zero-order chi connectivity index (χ0) is 33.9. The van der Waals surface area contributed by atoms with Crippen LogP contribution >= 0.6 is 0 Å². The highest BCUT2D eigenvalue weighted by Crippen LogP contribution is 2.44. The second kappa shape index (κ2) is 10.3. The average Bonchev–Trinajstić information content (AvgIpc) is 3.95. The molecule has 8 aromatic carbocycles. The van der Waals surface area contributed by atoms with Crippen molar-refractivity contribution < 1.29 is 8.83 Å². The number of hydrogen-bond acceptors (Lipinski definition) is 2. The number of furan rings is 2. The summed E-state index contributed by atoms with van der Waals surface area (Å²) < 4.78 is 18.0. The predicted molar refractivity (Wildman–Crippen MR) is 215 cm³/mol. The van der Waals surface area contributed by atoms with Crippen LogP contribution in [0.25, 0.3) is 110 Å². The maximum absolute atomic E-state index is 6.66. The average molecular weight is 665 g/mol. The molecule has 52 heavy (non-hydrogen) atoms. The Hall–Kier alpha value is -7.04. The van der Waals surface area contributed by atoms with Gasteiger partial charge in [-0.3, -0.25) is 0 Å². The minimum absolute atomic E-state index is 0.900. The van der Waals surface area contributed by atoms with Crippen molar-refractivity contribution in [2.24, 2.45) is 0 Å². The summed E-state index contributed by atoms with van der Waals surface area (Å²) in [5.41, 5.74) is 12.6. The summed E-state index contributed by atoms with van der Waals surface area (Å²) in [6.45, 7) is 0. The molecule has 12 rings (SSSR count). The van der Waals surface area contributed by atoms with E-state index in [1.165, 1.54) is 10.8 Å². The fourth-order valence-corrected chi connectivity index (χ4v) is 8.62. The fourth-order valence-electron chi connectivity index (χ4n) is 8.62. The molecule has 0 unspecified atom stereocenters. The van der Waals surface area contributed by atoms with E-state index in [1.807, 2.05) is 12.1 Å². The Labute approximate surface area is 296 Å². The number of nitrogens with zero attached hydrogens (tertiary/aromatic N) is 2. The monoisotopic (exact) mass is 664 g/mol. The summed E-state index contributed by atoms with van der Waals surface area (Å²) in [7, 11) is 0. The van der Waals surface area contributed by atoms with Gasteiger partial charge in [-0.1, -0.05) is 97.1 Å². The highest BCUT2D eigenvalue weighted by molar-refractivity contribution is 6.25. The Balaban J connectivity index is 1.16. The Morgan fingerprint density at radius 2 is 0.865 bits per heavy atom. The Morgan fingerprint density at radius 1 is 0.327 bits per heavy atom. The minimum atomic E-state index is 0.900. The van der Waals surface area contributed by atoms with Gasteiger partial charge in [0.15, 0.2) is 5.58 Å². The van der Waals surface area contributed by atoms with Crippen molar-refractivity contribution in [2.75, 3.05) is 0 Å². The van der Waals surface area contributed by atoms with E-state index >= 15 is 0 Å². The Kier molecular flexibility index (Phi) is 5.47. The lowest BCUT2D eigenvalue weighted by Gasteiger charge is -2.10. The number of benzene rings is 8. The smallest absolute Gasteiger partial charge is 0.160 e. The van der Waals surface area contributed by atoms with Crippen molar-refractivity contribution in [3.05, 3.63) is 170 Å². The second-order valence-electron chi connectivity index (χ2n) is 13.7. The molecular weight excluding hydrogens is 637 g/mol. The lowest BCUT2D eigenvalue weighted by atomic mass is 10.0. The third-order valence-electron chi connectivity index (χ3n) is 10.9. The maximum atomic E-state index is 6.66. The molecule has 0 spiro atoms. The number of hydrogen-bond donors (Lipinski definition) is 0. The van der Waals surface area contributed by atoms with Crippen LogP contribution in [0.5, 0.6) is 0 Å². The first-order valence-electron chi connectivity index (χ1n) is 17.7. The van der Waals surface area contributed by atoms with Gasteiger partial charge < -0.3 is 18.0 Å². The lowest BCUT2D eigenvalue weighted by molar-refractivity contribution is 0.671. The molecule has 0 fully saturated rings. The van der Waals surface area contributed by atoms with Gasteiger partial charge in [0.2, 0.25) is 0 Å². The molecule has 4 nitrogen and oxygen atoms in total. The van der Waals surface area contributed by atoms with E-state index in [2.05, 4.69) is 167 Å². The second-order valence-corrected chi connectivity index (χ2v) is 13.7. The summed E-state index contributed by atoms with van der Waals surface area (Å²) in [6.07, 6.45) is 0. The molecule has 4 heteroatoms. The van der Waals surface area contributed by atoms with E-state index in [-0.39, 0.29) is 0 Å². The first kappa shape index (κ1) is 27.7. The van der Waals surface area contributed by atoms with Crippen LogP contribution in [0.2, 0.25) is 0 Å². The first-order valence-corrected chi connectivity index (χ1v) is 17.7. The van der Waals surface area contributed by atoms with E-state index in [9.17, 15) is 0 Å². The maximum Gasteiger partial charge on any atom is 0.160 e. The number of aromatic nitrogens is 2. The highest BCUT2D eigenvalue weighted by Gasteiger charge is 2.22. The van der Waals surface area contributed by atoms with Crippen LogP contribution in [0.15, 0.2) is 179 Å². The normalized spacial score (nSPS) is 12.2. The quantitative estimate of drug-likeness (QED) is 0.188. The number of fused-ring (bicyclic) bond motifs is 14. The number of rotatable bonds is 3. The Bertz CT molecular complexity index is 3400. The largest absolute Gasteiger partial charge is 0.455 e. The van der Waals surface area contributed by atoms with Crippen molar-refractivity contribution >= 4 is 87.5 Å². The van der Waals surface area contributed by atoms with Crippen LogP contribution in [0.3, 0.4) is 0 Å². The van der Waals surface area contributed by atoms with Gasteiger partial charge >= 0.3 is 0 Å². The van der Waals surface area contributed by atoms with E-state index in [4.69, 9.17) is 8.83 Å². The summed E-state index contributed by atoms with van der Waals surface area (Å²) in [5, 5.41) is 9.17. The molecule has 4 aromatic heterocycles. The molecule has 0 aliphatic rings. The van der Waals surface area contributed by atoms with Crippen molar-refractivity contribution in [3.63, 3.8) is 0 Å². The van der Waals surface area contributed by atoms with Crippen molar-refractivity contribution in [1.29, 1.82) is 0 Å². The molecule has 0 bridgehead atoms. The van der Waals surface area contributed by atoms with Crippen molar-refractivity contribution in [1.82, 2.24) is 9.13 Å². The molecule has 0 aliphatic heterocycles. The van der Waals surface area contributed by atoms with Crippen LogP contribution in [0.4, 0.5) is 0 Å². The van der Waals surface area contributed by atoms with E-state index < -0.39 is 0 Å². The summed E-state index contributed by atoms with van der Waals surface area (Å²) >= 11 is 0.